The summed E-state index contributed by atoms with van der Waals surface area (Å²) in [6.45, 7) is 2.42. The van der Waals surface area contributed by atoms with Gasteiger partial charge in [-0.2, -0.15) is 0 Å². The lowest BCUT2D eigenvalue weighted by Gasteiger charge is -2.46. The molecule has 1 saturated heterocycles. The molecule has 5 rings (SSSR count). The van der Waals surface area contributed by atoms with E-state index in [4.69, 9.17) is 18.9 Å². The standard InChI is InChI=1S/C39H38BrF2NO7/c1-2-3-21-47-29-22-31(41)30(32(42)23-29)19-20-43-25-34(48-37(44)26-13-7-4-8-14-26)36(50-39(46)28-17-11-6-12-18-28)35(33(43)24-40)49-38(45)27-15-9-5-10-16-27/h4-18,22-23,33-36H,2-3,19-21,24-25H2,1H3/t33-,34-,35+,36+/m0/s1. The molecule has 0 aliphatic carbocycles. The first kappa shape index (κ1) is 36.7. The third kappa shape index (κ3) is 9.34. The molecule has 4 aromatic rings. The highest BCUT2D eigenvalue weighted by Crippen LogP contribution is 2.31. The van der Waals surface area contributed by atoms with Gasteiger partial charge in [-0.1, -0.05) is 83.9 Å². The fourth-order valence-electron chi connectivity index (χ4n) is 5.75. The fourth-order valence-corrected chi connectivity index (χ4v) is 6.53. The number of esters is 3. The number of nitrogens with zero attached hydrogens (tertiary/aromatic N) is 1. The summed E-state index contributed by atoms with van der Waals surface area (Å²) in [6.07, 6.45) is -1.98. The highest BCUT2D eigenvalue weighted by atomic mass is 79.9. The molecule has 1 aliphatic rings. The molecular formula is C39H38BrF2NO7. The van der Waals surface area contributed by atoms with Gasteiger partial charge in [0, 0.05) is 36.1 Å². The van der Waals surface area contributed by atoms with E-state index in [9.17, 15) is 14.4 Å². The average Bonchev–Trinajstić information content (AvgIpc) is 3.13. The number of carbonyl (C=O) groups is 3. The van der Waals surface area contributed by atoms with Crippen LogP contribution in [0, 0.1) is 11.6 Å². The van der Waals surface area contributed by atoms with Crippen LogP contribution in [0.15, 0.2) is 103 Å². The van der Waals surface area contributed by atoms with Gasteiger partial charge in [0.1, 0.15) is 17.4 Å². The van der Waals surface area contributed by atoms with Gasteiger partial charge in [-0.15, -0.1) is 0 Å². The molecule has 4 atom stereocenters. The minimum absolute atomic E-state index is 0.00240. The Morgan fingerprint density at radius 3 is 1.70 bits per heavy atom. The monoisotopic (exact) mass is 749 g/mol. The zero-order chi connectivity index (χ0) is 35.5. The minimum atomic E-state index is -1.24. The van der Waals surface area contributed by atoms with Crippen molar-refractivity contribution in [3.63, 3.8) is 0 Å². The maximum absolute atomic E-state index is 15.2. The Balaban J connectivity index is 1.48. The Labute approximate surface area is 298 Å². The summed E-state index contributed by atoms with van der Waals surface area (Å²) in [7, 11) is 0. The van der Waals surface area contributed by atoms with Crippen LogP contribution in [0.25, 0.3) is 0 Å². The lowest BCUT2D eigenvalue weighted by molar-refractivity contribution is -0.142. The molecule has 1 heterocycles. The van der Waals surface area contributed by atoms with Crippen LogP contribution in [-0.4, -0.2) is 72.2 Å². The first-order chi connectivity index (χ1) is 24.3. The predicted octanol–water partition coefficient (Wildman–Crippen LogP) is 7.44. The van der Waals surface area contributed by atoms with Crippen molar-refractivity contribution in [2.24, 2.45) is 0 Å². The van der Waals surface area contributed by atoms with Crippen LogP contribution in [0.2, 0.25) is 0 Å². The maximum atomic E-state index is 15.2. The molecule has 0 radical (unpaired) electrons. The molecule has 50 heavy (non-hydrogen) atoms. The third-order valence-corrected chi connectivity index (χ3v) is 9.08. The van der Waals surface area contributed by atoms with Gasteiger partial charge in [-0.3, -0.25) is 4.90 Å². The lowest BCUT2D eigenvalue weighted by Crippen LogP contribution is -2.65. The van der Waals surface area contributed by atoms with Gasteiger partial charge < -0.3 is 18.9 Å². The number of alkyl halides is 1. The van der Waals surface area contributed by atoms with E-state index in [-0.39, 0.29) is 52.8 Å². The van der Waals surface area contributed by atoms with Crippen LogP contribution in [-0.2, 0) is 20.6 Å². The van der Waals surface area contributed by atoms with E-state index < -0.39 is 53.9 Å². The Morgan fingerprint density at radius 2 is 1.22 bits per heavy atom. The summed E-state index contributed by atoms with van der Waals surface area (Å²) in [4.78, 5) is 42.2. The summed E-state index contributed by atoms with van der Waals surface area (Å²) in [6, 6.07) is 26.6. The van der Waals surface area contributed by atoms with Crippen molar-refractivity contribution in [2.45, 2.75) is 50.5 Å². The Bertz CT molecular complexity index is 1710. The molecule has 262 valence electrons. The van der Waals surface area contributed by atoms with Crippen molar-refractivity contribution >= 4 is 33.8 Å². The number of piperidine rings is 1. The molecule has 0 spiro atoms. The molecule has 0 bridgehead atoms. The van der Waals surface area contributed by atoms with Crippen LogP contribution in [0.1, 0.15) is 56.4 Å². The molecule has 4 aromatic carbocycles. The summed E-state index contributed by atoms with van der Waals surface area (Å²) < 4.78 is 54.1. The average molecular weight is 751 g/mol. The van der Waals surface area contributed by atoms with Crippen LogP contribution in [0.5, 0.6) is 5.75 Å². The largest absolute Gasteiger partial charge is 0.493 e. The fraction of sp³-hybridized carbons (Fsp3) is 0.308. The molecule has 0 unspecified atom stereocenters. The quantitative estimate of drug-likeness (QED) is 0.0569. The van der Waals surface area contributed by atoms with Crippen molar-refractivity contribution in [3.05, 3.63) is 137 Å². The predicted molar refractivity (Wildman–Crippen MR) is 187 cm³/mol. The Kier molecular flexibility index (Phi) is 13.1. The van der Waals surface area contributed by atoms with Crippen molar-refractivity contribution < 1.29 is 42.1 Å². The molecule has 8 nitrogen and oxygen atoms in total. The van der Waals surface area contributed by atoms with E-state index >= 15 is 8.78 Å². The van der Waals surface area contributed by atoms with Gasteiger partial charge in [-0.25, -0.2) is 23.2 Å². The number of halogens is 3. The second kappa shape index (κ2) is 17.9. The number of hydrogen-bond donors (Lipinski definition) is 0. The second-order valence-electron chi connectivity index (χ2n) is 11.8. The van der Waals surface area contributed by atoms with Crippen LogP contribution >= 0.6 is 15.9 Å². The highest BCUT2D eigenvalue weighted by molar-refractivity contribution is 9.09. The molecule has 11 heteroatoms. The van der Waals surface area contributed by atoms with Gasteiger partial charge >= 0.3 is 17.9 Å². The summed E-state index contributed by atoms with van der Waals surface area (Å²) >= 11 is 3.53. The van der Waals surface area contributed by atoms with E-state index in [1.165, 1.54) is 12.1 Å². The SMILES string of the molecule is CCCCOc1cc(F)c(CCN2C[C@H](OC(=O)c3ccccc3)[C@@H](OC(=O)c3ccccc3)[C@H](OC(=O)c3ccccc3)[C@@H]2CBr)c(F)c1. The topological polar surface area (TPSA) is 91.4 Å². The Hall–Kier alpha value is -4.61. The zero-order valence-electron chi connectivity index (χ0n) is 27.5. The number of benzene rings is 4. The minimum Gasteiger partial charge on any atom is -0.493 e. The molecular weight excluding hydrogens is 712 g/mol. The smallest absolute Gasteiger partial charge is 0.338 e. The number of rotatable bonds is 14. The molecule has 0 saturated carbocycles. The van der Waals surface area contributed by atoms with Crippen LogP contribution in [0.4, 0.5) is 8.78 Å². The third-order valence-electron chi connectivity index (χ3n) is 8.41. The summed E-state index contributed by atoms with van der Waals surface area (Å²) in [5.74, 6) is -3.47. The number of carbonyl (C=O) groups excluding carboxylic acids is 3. The van der Waals surface area contributed by atoms with Gasteiger partial charge in [0.15, 0.2) is 18.3 Å². The van der Waals surface area contributed by atoms with Crippen molar-refractivity contribution in [1.29, 1.82) is 0 Å². The molecule has 0 N–H and O–H groups in total. The van der Waals surface area contributed by atoms with E-state index in [0.29, 0.717) is 6.61 Å². The van der Waals surface area contributed by atoms with Gasteiger partial charge in [0.2, 0.25) is 0 Å². The first-order valence-electron chi connectivity index (χ1n) is 16.5. The van der Waals surface area contributed by atoms with E-state index in [1.807, 2.05) is 11.8 Å². The van der Waals surface area contributed by atoms with E-state index in [1.54, 1.807) is 91.0 Å². The van der Waals surface area contributed by atoms with E-state index in [2.05, 4.69) is 15.9 Å². The van der Waals surface area contributed by atoms with Crippen LogP contribution < -0.4 is 4.74 Å². The van der Waals surface area contributed by atoms with Gasteiger partial charge in [0.25, 0.3) is 0 Å². The lowest BCUT2D eigenvalue weighted by atomic mass is 9.93. The van der Waals surface area contributed by atoms with Gasteiger partial charge in [0.05, 0.1) is 29.3 Å². The normalized spacial score (nSPS) is 19.0. The molecule has 1 aliphatic heterocycles. The molecule has 0 aromatic heterocycles. The Morgan fingerprint density at radius 1 is 0.740 bits per heavy atom. The van der Waals surface area contributed by atoms with Crippen molar-refractivity contribution in [2.75, 3.05) is 25.0 Å². The summed E-state index contributed by atoms with van der Waals surface area (Å²) in [5, 5.41) is 0.216. The molecule has 1 fully saturated rings. The maximum Gasteiger partial charge on any atom is 0.338 e. The number of likely N-dealkylation sites (tertiary alicyclic amines) is 1. The zero-order valence-corrected chi connectivity index (χ0v) is 29.1. The second-order valence-corrected chi connectivity index (χ2v) is 12.5. The van der Waals surface area contributed by atoms with Crippen molar-refractivity contribution in [3.8, 4) is 5.75 Å². The first-order valence-corrected chi connectivity index (χ1v) is 17.6. The highest BCUT2D eigenvalue weighted by Gasteiger charge is 2.49. The number of hydrogen-bond acceptors (Lipinski definition) is 8. The summed E-state index contributed by atoms with van der Waals surface area (Å²) in [5.41, 5.74) is 0.626. The van der Waals surface area contributed by atoms with Crippen LogP contribution in [0.3, 0.4) is 0 Å². The molecule has 0 amide bonds. The van der Waals surface area contributed by atoms with E-state index in [0.717, 1.165) is 12.8 Å². The number of unbranched alkanes of at least 4 members (excludes halogenated alkanes) is 1. The van der Waals surface area contributed by atoms with Gasteiger partial charge in [-0.05, 0) is 49.2 Å². The van der Waals surface area contributed by atoms with Crippen molar-refractivity contribution in [1.82, 2.24) is 4.90 Å². The number of ether oxygens (including phenoxy) is 4.